The minimum atomic E-state index is -0.0821. The monoisotopic (exact) mass is 291 g/mol. The third-order valence-electron chi connectivity index (χ3n) is 3.47. The Kier molecular flexibility index (Phi) is 5.16. The fourth-order valence-electron chi connectivity index (χ4n) is 2.32. The van der Waals surface area contributed by atoms with Gasteiger partial charge in [-0.1, -0.05) is 11.3 Å². The van der Waals surface area contributed by atoms with Crippen LogP contribution in [0, 0.1) is 0 Å². The van der Waals surface area contributed by atoms with Gasteiger partial charge in [0, 0.05) is 6.54 Å². The van der Waals surface area contributed by atoms with E-state index in [9.17, 15) is 5.11 Å². The van der Waals surface area contributed by atoms with Crippen molar-refractivity contribution in [1.82, 2.24) is 15.0 Å². The van der Waals surface area contributed by atoms with Crippen molar-refractivity contribution in [2.75, 3.05) is 14.2 Å². The summed E-state index contributed by atoms with van der Waals surface area (Å²) in [6, 6.07) is 5.88. The molecule has 0 amide bonds. The number of ether oxygens (including phenoxy) is 2. The lowest BCUT2D eigenvalue weighted by atomic mass is 10.1. The van der Waals surface area contributed by atoms with Gasteiger partial charge in [-0.3, -0.25) is 0 Å². The molecule has 2 aromatic rings. The van der Waals surface area contributed by atoms with E-state index in [0.29, 0.717) is 5.69 Å². The molecule has 0 fully saturated rings. The first kappa shape index (κ1) is 15.3. The number of rotatable bonds is 7. The lowest BCUT2D eigenvalue weighted by molar-refractivity contribution is 0.275. The zero-order valence-electron chi connectivity index (χ0n) is 12.7. The molecule has 114 valence electrons. The molecule has 1 aromatic heterocycles. The third-order valence-corrected chi connectivity index (χ3v) is 3.47. The predicted molar refractivity (Wildman–Crippen MR) is 78.6 cm³/mol. The zero-order valence-corrected chi connectivity index (χ0v) is 12.7. The van der Waals surface area contributed by atoms with Gasteiger partial charge in [-0.15, -0.1) is 5.10 Å². The summed E-state index contributed by atoms with van der Waals surface area (Å²) >= 11 is 0. The first-order valence-electron chi connectivity index (χ1n) is 6.96. The van der Waals surface area contributed by atoms with Crippen molar-refractivity contribution in [2.24, 2.45) is 0 Å². The highest BCUT2D eigenvalue weighted by Gasteiger charge is 2.12. The molecule has 1 heterocycles. The molecule has 0 atom stereocenters. The lowest BCUT2D eigenvalue weighted by Gasteiger charge is -2.10. The van der Waals surface area contributed by atoms with Gasteiger partial charge in [0.1, 0.15) is 5.69 Å². The fraction of sp³-hybridized carbons (Fsp3) is 0.467. The molecule has 0 aliphatic carbocycles. The van der Waals surface area contributed by atoms with E-state index < -0.39 is 0 Å². The van der Waals surface area contributed by atoms with Crippen LogP contribution in [0.15, 0.2) is 18.2 Å². The van der Waals surface area contributed by atoms with Crippen molar-refractivity contribution in [2.45, 2.75) is 32.9 Å². The lowest BCUT2D eigenvalue weighted by Crippen LogP contribution is -2.06. The Labute approximate surface area is 124 Å². The van der Waals surface area contributed by atoms with Crippen LogP contribution in [-0.2, 0) is 26.0 Å². The van der Waals surface area contributed by atoms with E-state index >= 15 is 0 Å². The minimum absolute atomic E-state index is 0.0821. The van der Waals surface area contributed by atoms with Crippen molar-refractivity contribution in [1.29, 1.82) is 0 Å². The van der Waals surface area contributed by atoms with Crippen molar-refractivity contribution >= 4 is 0 Å². The molecule has 21 heavy (non-hydrogen) atoms. The Morgan fingerprint density at radius 3 is 2.52 bits per heavy atom. The molecule has 0 unspecified atom stereocenters. The number of nitrogens with zero attached hydrogens (tertiary/aromatic N) is 3. The average molecular weight is 291 g/mol. The zero-order chi connectivity index (χ0) is 15.2. The van der Waals surface area contributed by atoms with Crippen molar-refractivity contribution in [3.8, 4) is 11.5 Å². The molecule has 1 aromatic carbocycles. The number of aromatic nitrogens is 3. The molecule has 1 N–H and O–H groups in total. The Morgan fingerprint density at radius 1 is 1.14 bits per heavy atom. The van der Waals surface area contributed by atoms with Crippen LogP contribution >= 0.6 is 0 Å². The van der Waals surface area contributed by atoms with Crippen molar-refractivity contribution < 1.29 is 14.6 Å². The van der Waals surface area contributed by atoms with Crippen LogP contribution in [0.1, 0.15) is 23.9 Å². The topological polar surface area (TPSA) is 69.4 Å². The molecule has 0 aliphatic rings. The van der Waals surface area contributed by atoms with Crippen LogP contribution in [0.4, 0.5) is 0 Å². The van der Waals surface area contributed by atoms with Crippen LogP contribution in [-0.4, -0.2) is 34.3 Å². The van der Waals surface area contributed by atoms with Gasteiger partial charge in [-0.25, -0.2) is 4.68 Å². The van der Waals surface area contributed by atoms with Gasteiger partial charge in [-0.2, -0.15) is 0 Å². The summed E-state index contributed by atoms with van der Waals surface area (Å²) in [5.41, 5.74) is 2.77. The Morgan fingerprint density at radius 2 is 1.90 bits per heavy atom. The maximum absolute atomic E-state index is 9.32. The van der Waals surface area contributed by atoms with Gasteiger partial charge < -0.3 is 14.6 Å². The van der Waals surface area contributed by atoms with Crippen LogP contribution < -0.4 is 9.47 Å². The summed E-state index contributed by atoms with van der Waals surface area (Å²) in [4.78, 5) is 0. The molecular weight excluding hydrogens is 270 g/mol. The normalized spacial score (nSPS) is 10.7. The molecule has 6 nitrogen and oxygen atoms in total. The molecule has 0 bridgehead atoms. The average Bonchev–Trinajstić information content (AvgIpc) is 2.94. The SMILES string of the molecule is CCn1nnc(CO)c1CCc1ccc(OC)c(OC)c1. The van der Waals surface area contributed by atoms with E-state index in [2.05, 4.69) is 10.3 Å². The van der Waals surface area contributed by atoms with Crippen molar-refractivity contribution in [3.05, 3.63) is 35.2 Å². The molecule has 2 rings (SSSR count). The maximum Gasteiger partial charge on any atom is 0.160 e. The second-order valence-electron chi connectivity index (χ2n) is 4.65. The van der Waals surface area contributed by atoms with E-state index in [0.717, 1.165) is 42.1 Å². The Bertz CT molecular complexity index is 574. The number of benzene rings is 1. The molecular formula is C15H21N3O3. The highest BCUT2D eigenvalue weighted by atomic mass is 16.5. The first-order chi connectivity index (χ1) is 10.2. The first-order valence-corrected chi connectivity index (χ1v) is 6.96. The van der Waals surface area contributed by atoms with Gasteiger partial charge in [0.25, 0.3) is 0 Å². The summed E-state index contributed by atoms with van der Waals surface area (Å²) < 4.78 is 12.4. The number of aliphatic hydroxyl groups excluding tert-OH is 1. The molecule has 0 spiro atoms. The number of aliphatic hydroxyl groups is 1. The number of hydrogen-bond acceptors (Lipinski definition) is 5. The van der Waals surface area contributed by atoms with Crippen molar-refractivity contribution in [3.63, 3.8) is 0 Å². The highest BCUT2D eigenvalue weighted by Crippen LogP contribution is 2.28. The van der Waals surface area contributed by atoms with Gasteiger partial charge in [0.2, 0.25) is 0 Å². The quantitative estimate of drug-likeness (QED) is 0.839. The second-order valence-corrected chi connectivity index (χ2v) is 4.65. The van der Waals surface area contributed by atoms with E-state index in [1.54, 1.807) is 14.2 Å². The standard InChI is InChI=1S/C15H21N3O3/c1-4-18-13(12(10-19)16-17-18)7-5-11-6-8-14(20-2)15(9-11)21-3/h6,8-9,19H,4-5,7,10H2,1-3H3. The summed E-state index contributed by atoms with van der Waals surface area (Å²) in [6.45, 7) is 2.67. The smallest absolute Gasteiger partial charge is 0.160 e. The van der Waals surface area contributed by atoms with Gasteiger partial charge in [0.15, 0.2) is 11.5 Å². The second kappa shape index (κ2) is 7.08. The van der Waals surface area contributed by atoms with E-state index in [-0.39, 0.29) is 6.61 Å². The summed E-state index contributed by atoms with van der Waals surface area (Å²) in [5, 5.41) is 17.4. The summed E-state index contributed by atoms with van der Waals surface area (Å²) in [7, 11) is 3.25. The van der Waals surface area contributed by atoms with E-state index in [1.807, 2.05) is 29.8 Å². The Balaban J connectivity index is 2.14. The fourth-order valence-corrected chi connectivity index (χ4v) is 2.32. The minimum Gasteiger partial charge on any atom is -0.493 e. The summed E-state index contributed by atoms with van der Waals surface area (Å²) in [6.07, 6.45) is 1.59. The molecule has 0 aliphatic heterocycles. The third kappa shape index (κ3) is 3.33. The van der Waals surface area contributed by atoms with Crippen LogP contribution in [0.5, 0.6) is 11.5 Å². The molecule has 0 saturated heterocycles. The van der Waals surface area contributed by atoms with E-state index in [4.69, 9.17) is 9.47 Å². The van der Waals surface area contributed by atoms with Gasteiger partial charge in [-0.05, 0) is 37.5 Å². The van der Waals surface area contributed by atoms with Gasteiger partial charge in [0.05, 0.1) is 26.5 Å². The van der Waals surface area contributed by atoms with Gasteiger partial charge >= 0.3 is 0 Å². The highest BCUT2D eigenvalue weighted by molar-refractivity contribution is 5.43. The molecule has 0 radical (unpaired) electrons. The molecule has 6 heteroatoms. The summed E-state index contributed by atoms with van der Waals surface area (Å²) in [5.74, 6) is 1.44. The van der Waals surface area contributed by atoms with Crippen LogP contribution in [0.25, 0.3) is 0 Å². The predicted octanol–water partition coefficient (Wildman–Crippen LogP) is 1.59. The van der Waals surface area contributed by atoms with Crippen LogP contribution in [0.2, 0.25) is 0 Å². The van der Waals surface area contributed by atoms with Crippen LogP contribution in [0.3, 0.4) is 0 Å². The largest absolute Gasteiger partial charge is 0.493 e. The maximum atomic E-state index is 9.32. The number of hydrogen-bond donors (Lipinski definition) is 1. The number of methoxy groups -OCH3 is 2. The Hall–Kier alpha value is -2.08. The van der Waals surface area contributed by atoms with E-state index in [1.165, 1.54) is 0 Å². The molecule has 0 saturated carbocycles. The number of aryl methyl sites for hydroxylation is 2.